The summed E-state index contributed by atoms with van der Waals surface area (Å²) in [5.74, 6) is 3.31. The molecule has 0 amide bonds. The standard InChI is InChI=1S/C15H20S/c1-2-14(16-3-1)10-15-7-11-4-12(8-15)6-13(5-11)9-15/h1-3,11-13H,4-10H2. The zero-order valence-electron chi connectivity index (χ0n) is 9.82. The Morgan fingerprint density at radius 2 is 1.69 bits per heavy atom. The zero-order valence-corrected chi connectivity index (χ0v) is 10.6. The van der Waals surface area contributed by atoms with Crippen LogP contribution >= 0.6 is 11.3 Å². The van der Waals surface area contributed by atoms with Gasteiger partial charge in [0.1, 0.15) is 0 Å². The van der Waals surface area contributed by atoms with Crippen LogP contribution in [-0.4, -0.2) is 0 Å². The molecule has 0 unspecified atom stereocenters. The molecule has 0 N–H and O–H groups in total. The van der Waals surface area contributed by atoms with E-state index in [2.05, 4.69) is 17.5 Å². The van der Waals surface area contributed by atoms with Crippen LogP contribution in [0.5, 0.6) is 0 Å². The van der Waals surface area contributed by atoms with Crippen LogP contribution in [0.2, 0.25) is 0 Å². The van der Waals surface area contributed by atoms with Gasteiger partial charge in [-0.1, -0.05) is 6.07 Å². The maximum atomic E-state index is 2.35. The van der Waals surface area contributed by atoms with E-state index in [9.17, 15) is 0 Å². The molecule has 4 fully saturated rings. The molecule has 5 rings (SSSR count). The molecular formula is C15H20S. The smallest absolute Gasteiger partial charge is 0.00507 e. The van der Waals surface area contributed by atoms with Crippen LogP contribution in [0.25, 0.3) is 0 Å². The molecule has 0 aliphatic heterocycles. The molecule has 4 aliphatic carbocycles. The Morgan fingerprint density at radius 1 is 1.06 bits per heavy atom. The molecular weight excluding hydrogens is 212 g/mol. The van der Waals surface area contributed by atoms with Crippen molar-refractivity contribution in [3.63, 3.8) is 0 Å². The molecule has 4 aliphatic rings. The van der Waals surface area contributed by atoms with Gasteiger partial charge in [0.05, 0.1) is 0 Å². The van der Waals surface area contributed by atoms with Gasteiger partial charge >= 0.3 is 0 Å². The summed E-state index contributed by atoms with van der Waals surface area (Å²) in [6.07, 6.45) is 10.8. The molecule has 0 atom stereocenters. The van der Waals surface area contributed by atoms with Gasteiger partial charge in [-0.3, -0.25) is 0 Å². The third-order valence-corrected chi connectivity index (χ3v) is 6.17. The first-order valence-electron chi connectivity index (χ1n) is 6.84. The Labute approximate surface area is 102 Å². The molecule has 16 heavy (non-hydrogen) atoms. The van der Waals surface area contributed by atoms with Crippen LogP contribution in [0.3, 0.4) is 0 Å². The average Bonchev–Trinajstić information content (AvgIpc) is 2.66. The van der Waals surface area contributed by atoms with E-state index in [1.807, 2.05) is 11.3 Å². The van der Waals surface area contributed by atoms with Crippen LogP contribution in [0, 0.1) is 23.2 Å². The summed E-state index contributed by atoms with van der Waals surface area (Å²) in [6.45, 7) is 0. The summed E-state index contributed by atoms with van der Waals surface area (Å²) in [5.41, 5.74) is 0.736. The third-order valence-electron chi connectivity index (χ3n) is 5.29. The maximum Gasteiger partial charge on any atom is 0.00507 e. The fraction of sp³-hybridized carbons (Fsp3) is 0.733. The minimum atomic E-state index is 0.736. The zero-order chi connectivity index (χ0) is 10.6. The van der Waals surface area contributed by atoms with Crippen LogP contribution in [0.15, 0.2) is 17.5 Å². The van der Waals surface area contributed by atoms with E-state index in [0.717, 1.165) is 23.2 Å². The summed E-state index contributed by atoms with van der Waals surface area (Å²) >= 11 is 1.97. The lowest BCUT2D eigenvalue weighted by Gasteiger charge is -2.57. The highest BCUT2D eigenvalue weighted by Gasteiger charge is 2.50. The van der Waals surface area contributed by atoms with Gasteiger partial charge < -0.3 is 0 Å². The lowest BCUT2D eigenvalue weighted by Crippen LogP contribution is -2.46. The van der Waals surface area contributed by atoms with Crippen molar-refractivity contribution in [2.75, 3.05) is 0 Å². The summed E-state index contributed by atoms with van der Waals surface area (Å²) in [6, 6.07) is 4.57. The Hall–Kier alpha value is -0.300. The van der Waals surface area contributed by atoms with Gasteiger partial charge in [0.15, 0.2) is 0 Å². The molecule has 0 radical (unpaired) electrons. The molecule has 0 spiro atoms. The highest BCUT2D eigenvalue weighted by Crippen LogP contribution is 2.61. The van der Waals surface area contributed by atoms with E-state index in [1.54, 1.807) is 43.4 Å². The van der Waals surface area contributed by atoms with Gasteiger partial charge in [-0.25, -0.2) is 0 Å². The van der Waals surface area contributed by atoms with Gasteiger partial charge in [0.25, 0.3) is 0 Å². The summed E-state index contributed by atoms with van der Waals surface area (Å²) in [4.78, 5) is 1.64. The SMILES string of the molecule is c1csc(CC23CC4CC(CC(C4)C2)C3)c1. The van der Waals surface area contributed by atoms with E-state index in [4.69, 9.17) is 0 Å². The van der Waals surface area contributed by atoms with Crippen LogP contribution in [0.1, 0.15) is 43.4 Å². The number of hydrogen-bond acceptors (Lipinski definition) is 1. The molecule has 0 nitrogen and oxygen atoms in total. The molecule has 1 aromatic rings. The summed E-state index contributed by atoms with van der Waals surface area (Å²) < 4.78 is 0. The van der Waals surface area contributed by atoms with E-state index in [1.165, 1.54) is 6.42 Å². The number of thiophene rings is 1. The topological polar surface area (TPSA) is 0 Å². The maximum absolute atomic E-state index is 2.35. The quantitative estimate of drug-likeness (QED) is 0.704. The second-order valence-corrected chi connectivity index (χ2v) is 7.71. The highest BCUT2D eigenvalue weighted by molar-refractivity contribution is 7.09. The van der Waals surface area contributed by atoms with Gasteiger partial charge in [0.2, 0.25) is 0 Å². The van der Waals surface area contributed by atoms with Crippen molar-refractivity contribution in [3.8, 4) is 0 Å². The molecule has 86 valence electrons. The van der Waals surface area contributed by atoms with E-state index in [0.29, 0.717) is 0 Å². The normalized spacial score (nSPS) is 45.1. The fourth-order valence-electron chi connectivity index (χ4n) is 5.29. The first kappa shape index (κ1) is 9.70. The van der Waals surface area contributed by atoms with E-state index in [-0.39, 0.29) is 0 Å². The predicted molar refractivity (Wildman–Crippen MR) is 68.6 cm³/mol. The van der Waals surface area contributed by atoms with Crippen molar-refractivity contribution in [3.05, 3.63) is 22.4 Å². The Morgan fingerprint density at radius 3 is 2.19 bits per heavy atom. The van der Waals surface area contributed by atoms with Gasteiger partial charge in [-0.05, 0) is 79.6 Å². The first-order valence-corrected chi connectivity index (χ1v) is 7.72. The summed E-state index contributed by atoms with van der Waals surface area (Å²) in [5, 5.41) is 2.25. The Bertz CT molecular complexity index is 341. The molecule has 4 bridgehead atoms. The summed E-state index contributed by atoms with van der Waals surface area (Å²) in [7, 11) is 0. The van der Waals surface area contributed by atoms with Crippen molar-refractivity contribution < 1.29 is 0 Å². The van der Waals surface area contributed by atoms with Crippen molar-refractivity contribution in [2.24, 2.45) is 23.2 Å². The van der Waals surface area contributed by atoms with Gasteiger partial charge in [-0.15, -0.1) is 11.3 Å². The van der Waals surface area contributed by atoms with Crippen molar-refractivity contribution in [1.29, 1.82) is 0 Å². The van der Waals surface area contributed by atoms with Crippen molar-refractivity contribution in [1.82, 2.24) is 0 Å². The molecule has 1 aromatic heterocycles. The molecule has 1 heteroatoms. The lowest BCUT2D eigenvalue weighted by atomic mass is 9.49. The molecule has 1 heterocycles. The predicted octanol–water partition coefficient (Wildman–Crippen LogP) is 4.51. The third kappa shape index (κ3) is 1.48. The van der Waals surface area contributed by atoms with Crippen LogP contribution in [-0.2, 0) is 6.42 Å². The minimum Gasteiger partial charge on any atom is -0.149 e. The van der Waals surface area contributed by atoms with Gasteiger partial charge in [-0.2, -0.15) is 0 Å². The molecule has 0 aromatic carbocycles. The minimum absolute atomic E-state index is 0.736. The van der Waals surface area contributed by atoms with E-state index < -0.39 is 0 Å². The first-order chi connectivity index (χ1) is 7.81. The van der Waals surface area contributed by atoms with Crippen molar-refractivity contribution in [2.45, 2.75) is 44.9 Å². The van der Waals surface area contributed by atoms with E-state index >= 15 is 0 Å². The number of rotatable bonds is 2. The highest BCUT2D eigenvalue weighted by atomic mass is 32.1. The second kappa shape index (κ2) is 3.35. The van der Waals surface area contributed by atoms with Crippen LogP contribution < -0.4 is 0 Å². The second-order valence-electron chi connectivity index (χ2n) is 6.67. The molecule has 4 saturated carbocycles. The Kier molecular flexibility index (Phi) is 2.03. The average molecular weight is 232 g/mol. The Balaban J connectivity index is 1.62. The lowest BCUT2D eigenvalue weighted by molar-refractivity contribution is -0.0517. The largest absolute Gasteiger partial charge is 0.149 e. The van der Waals surface area contributed by atoms with Crippen molar-refractivity contribution >= 4 is 11.3 Å². The monoisotopic (exact) mass is 232 g/mol. The van der Waals surface area contributed by atoms with Crippen LogP contribution in [0.4, 0.5) is 0 Å². The fourth-order valence-corrected chi connectivity index (χ4v) is 6.17. The number of hydrogen-bond donors (Lipinski definition) is 0. The van der Waals surface area contributed by atoms with Gasteiger partial charge in [0, 0.05) is 4.88 Å². The molecule has 0 saturated heterocycles.